The van der Waals surface area contributed by atoms with Gasteiger partial charge in [0.15, 0.2) is 5.43 Å². The Hall–Kier alpha value is -2.70. The average Bonchev–Trinajstić information content (AvgIpc) is 2.95. The molecule has 1 atom stereocenters. The summed E-state index contributed by atoms with van der Waals surface area (Å²) in [6.45, 7) is 6.06. The predicted octanol–water partition coefficient (Wildman–Crippen LogP) is 3.95. The Kier molecular flexibility index (Phi) is 6.39. The first kappa shape index (κ1) is 21.5. The summed E-state index contributed by atoms with van der Waals surface area (Å²) in [4.78, 5) is 32.0. The van der Waals surface area contributed by atoms with Crippen LogP contribution >= 0.6 is 11.6 Å². The van der Waals surface area contributed by atoms with Crippen LogP contribution in [0.25, 0.3) is 11.1 Å². The van der Waals surface area contributed by atoms with Gasteiger partial charge in [-0.25, -0.2) is 4.98 Å². The maximum Gasteiger partial charge on any atom is 0.231 e. The Morgan fingerprint density at radius 1 is 1.13 bits per heavy atom. The third-order valence-corrected chi connectivity index (χ3v) is 5.92. The van der Waals surface area contributed by atoms with Crippen LogP contribution in [0.5, 0.6) is 0 Å². The van der Waals surface area contributed by atoms with Gasteiger partial charge in [-0.05, 0) is 23.6 Å². The number of pyridine rings is 1. The van der Waals surface area contributed by atoms with Crippen LogP contribution in [0.15, 0.2) is 51.7 Å². The van der Waals surface area contributed by atoms with Gasteiger partial charge in [0.25, 0.3) is 0 Å². The molecule has 7 heteroatoms. The molecular formula is C24H26ClN3O3. The maximum absolute atomic E-state index is 13.6. The molecule has 2 aromatic heterocycles. The topological polar surface area (TPSA) is 75.4 Å². The van der Waals surface area contributed by atoms with Gasteiger partial charge in [-0.2, -0.15) is 0 Å². The third kappa shape index (κ3) is 4.65. The molecule has 4 rings (SSSR count). The van der Waals surface area contributed by atoms with Crippen LogP contribution < -0.4 is 10.7 Å². The lowest BCUT2D eigenvalue weighted by Gasteiger charge is -2.33. The van der Waals surface area contributed by atoms with Crippen LogP contribution in [-0.2, 0) is 11.2 Å². The number of hydrogen-bond acceptors (Lipinski definition) is 5. The first-order valence-corrected chi connectivity index (χ1v) is 11.0. The number of carbonyl (C=O) groups is 1. The summed E-state index contributed by atoms with van der Waals surface area (Å²) >= 11 is 6.09. The van der Waals surface area contributed by atoms with Gasteiger partial charge in [-0.15, -0.1) is 0 Å². The van der Waals surface area contributed by atoms with Crippen molar-refractivity contribution in [1.82, 2.24) is 15.2 Å². The van der Waals surface area contributed by atoms with Crippen LogP contribution in [-0.4, -0.2) is 35.4 Å². The van der Waals surface area contributed by atoms with Crippen molar-refractivity contribution in [1.29, 1.82) is 0 Å². The van der Waals surface area contributed by atoms with E-state index >= 15 is 0 Å². The minimum Gasteiger partial charge on any atom is -0.440 e. The van der Waals surface area contributed by atoms with Crippen molar-refractivity contribution in [3.8, 4) is 0 Å². The van der Waals surface area contributed by atoms with Crippen molar-refractivity contribution in [2.24, 2.45) is 5.92 Å². The number of carbonyl (C=O) groups excluding carboxylic acids is 1. The van der Waals surface area contributed by atoms with Gasteiger partial charge in [0.1, 0.15) is 10.9 Å². The van der Waals surface area contributed by atoms with Gasteiger partial charge in [0.05, 0.1) is 11.4 Å². The number of halogens is 1. The fourth-order valence-corrected chi connectivity index (χ4v) is 4.41. The monoisotopic (exact) mass is 439 g/mol. The van der Waals surface area contributed by atoms with E-state index < -0.39 is 0 Å². The van der Waals surface area contributed by atoms with E-state index in [9.17, 15) is 9.59 Å². The van der Waals surface area contributed by atoms with Crippen molar-refractivity contribution < 1.29 is 9.21 Å². The van der Waals surface area contributed by atoms with Crippen molar-refractivity contribution in [3.63, 3.8) is 0 Å². The molecule has 1 unspecified atom stereocenters. The Bertz CT molecular complexity index is 1140. The van der Waals surface area contributed by atoms with E-state index in [1.807, 2.05) is 30.3 Å². The molecule has 0 saturated carbocycles. The standard InChI is InChI=1S/C24H26ClN3O3/c1-15(2)21(28-12-10-20(29)26-11-13-28)23-18(14-16-6-4-3-5-7-16)22(30)17-8-9-19(25)27-24(17)31-23/h3-9,15,21H,10-14H2,1-2H3,(H,26,29). The van der Waals surface area contributed by atoms with Crippen LogP contribution in [0.3, 0.4) is 0 Å². The second-order valence-electron chi connectivity index (χ2n) is 8.25. The summed E-state index contributed by atoms with van der Waals surface area (Å²) in [6, 6.07) is 13.0. The molecule has 1 N–H and O–H groups in total. The lowest BCUT2D eigenvalue weighted by molar-refractivity contribution is -0.120. The lowest BCUT2D eigenvalue weighted by Crippen LogP contribution is -2.36. The smallest absolute Gasteiger partial charge is 0.231 e. The fourth-order valence-electron chi connectivity index (χ4n) is 4.27. The zero-order chi connectivity index (χ0) is 22.0. The zero-order valence-corrected chi connectivity index (χ0v) is 18.5. The van der Waals surface area contributed by atoms with Crippen LogP contribution in [0.2, 0.25) is 5.15 Å². The summed E-state index contributed by atoms with van der Waals surface area (Å²) in [7, 11) is 0. The summed E-state index contributed by atoms with van der Waals surface area (Å²) < 4.78 is 6.33. The maximum atomic E-state index is 13.6. The average molecular weight is 440 g/mol. The van der Waals surface area contributed by atoms with E-state index in [0.717, 1.165) is 5.56 Å². The molecular weight excluding hydrogens is 414 g/mol. The first-order chi connectivity index (χ1) is 14.9. The van der Waals surface area contributed by atoms with Gasteiger partial charge in [0, 0.05) is 38.0 Å². The highest BCUT2D eigenvalue weighted by Crippen LogP contribution is 2.33. The summed E-state index contributed by atoms with van der Waals surface area (Å²) in [5.41, 5.74) is 1.83. The molecule has 3 aromatic rings. The van der Waals surface area contributed by atoms with E-state index in [4.69, 9.17) is 16.0 Å². The van der Waals surface area contributed by atoms with Crippen molar-refractivity contribution in [2.45, 2.75) is 32.7 Å². The van der Waals surface area contributed by atoms with Crippen LogP contribution in [0.4, 0.5) is 0 Å². The second kappa shape index (κ2) is 9.20. The molecule has 1 aliphatic rings. The number of nitrogens with one attached hydrogen (secondary N) is 1. The van der Waals surface area contributed by atoms with Crippen LogP contribution in [0.1, 0.15) is 43.2 Å². The number of fused-ring (bicyclic) bond motifs is 1. The second-order valence-corrected chi connectivity index (χ2v) is 8.64. The highest BCUT2D eigenvalue weighted by atomic mass is 35.5. The van der Waals surface area contributed by atoms with E-state index in [1.54, 1.807) is 12.1 Å². The summed E-state index contributed by atoms with van der Waals surface area (Å²) in [6.07, 6.45) is 0.879. The van der Waals surface area contributed by atoms with E-state index in [1.165, 1.54) is 0 Å². The molecule has 0 spiro atoms. The molecule has 6 nitrogen and oxygen atoms in total. The molecule has 1 fully saturated rings. The number of nitrogens with zero attached hydrogens (tertiary/aromatic N) is 2. The SMILES string of the molecule is CC(C)C(c1oc2nc(Cl)ccc2c(=O)c1Cc1ccccc1)N1CCNC(=O)CC1. The Balaban J connectivity index is 1.89. The fraction of sp³-hybridized carbons (Fsp3) is 0.375. The minimum absolute atomic E-state index is 0.0444. The number of benzene rings is 1. The number of hydrogen-bond donors (Lipinski definition) is 1. The lowest BCUT2D eigenvalue weighted by atomic mass is 9.92. The molecule has 162 valence electrons. The van der Waals surface area contributed by atoms with Crippen molar-refractivity contribution in [3.05, 3.63) is 74.7 Å². The molecule has 3 heterocycles. The summed E-state index contributed by atoms with van der Waals surface area (Å²) in [5.74, 6) is 0.811. The molecule has 0 bridgehead atoms. The molecule has 0 aliphatic carbocycles. The van der Waals surface area contributed by atoms with Gasteiger partial charge in [0.2, 0.25) is 11.6 Å². The highest BCUT2D eigenvalue weighted by molar-refractivity contribution is 6.29. The molecule has 1 aromatic carbocycles. The highest BCUT2D eigenvalue weighted by Gasteiger charge is 2.31. The molecule has 1 aliphatic heterocycles. The van der Waals surface area contributed by atoms with Crippen molar-refractivity contribution in [2.75, 3.05) is 19.6 Å². The summed E-state index contributed by atoms with van der Waals surface area (Å²) in [5, 5.41) is 3.63. The zero-order valence-electron chi connectivity index (χ0n) is 17.7. The third-order valence-electron chi connectivity index (χ3n) is 5.71. The van der Waals surface area contributed by atoms with Gasteiger partial charge >= 0.3 is 0 Å². The molecule has 1 amide bonds. The van der Waals surface area contributed by atoms with Gasteiger partial charge in [-0.3, -0.25) is 14.5 Å². The Morgan fingerprint density at radius 3 is 2.65 bits per heavy atom. The molecule has 31 heavy (non-hydrogen) atoms. The Labute approximate surface area is 186 Å². The number of aromatic nitrogens is 1. The van der Waals surface area contributed by atoms with Crippen molar-refractivity contribution >= 4 is 28.6 Å². The quantitative estimate of drug-likeness (QED) is 0.609. The van der Waals surface area contributed by atoms with E-state index in [-0.39, 0.29) is 34.2 Å². The Morgan fingerprint density at radius 2 is 1.90 bits per heavy atom. The van der Waals surface area contributed by atoms with E-state index in [2.05, 4.69) is 29.0 Å². The molecule has 1 saturated heterocycles. The van der Waals surface area contributed by atoms with Crippen LogP contribution in [0, 0.1) is 5.92 Å². The largest absolute Gasteiger partial charge is 0.440 e. The number of amides is 1. The van der Waals surface area contributed by atoms with E-state index in [0.29, 0.717) is 49.2 Å². The van der Waals surface area contributed by atoms with Gasteiger partial charge in [-0.1, -0.05) is 55.8 Å². The molecule has 0 radical (unpaired) electrons. The predicted molar refractivity (Wildman–Crippen MR) is 121 cm³/mol. The first-order valence-electron chi connectivity index (χ1n) is 10.6. The minimum atomic E-state index is -0.163. The normalized spacial score (nSPS) is 16.3. The van der Waals surface area contributed by atoms with Gasteiger partial charge < -0.3 is 9.73 Å². The number of rotatable bonds is 5.